The Morgan fingerprint density at radius 2 is 2.19 bits per heavy atom. The zero-order valence-electron chi connectivity index (χ0n) is 11.1. The summed E-state index contributed by atoms with van der Waals surface area (Å²) in [5, 5.41) is 2.76. The molecule has 0 bridgehead atoms. The summed E-state index contributed by atoms with van der Waals surface area (Å²) in [6.45, 7) is 1.90. The van der Waals surface area contributed by atoms with Crippen LogP contribution in [-0.4, -0.2) is 20.4 Å². The molecule has 3 heterocycles. The van der Waals surface area contributed by atoms with Gasteiger partial charge in [0.2, 0.25) is 0 Å². The van der Waals surface area contributed by atoms with E-state index in [9.17, 15) is 4.79 Å². The molecule has 0 aliphatic heterocycles. The Balaban J connectivity index is 1.78. The van der Waals surface area contributed by atoms with Crippen molar-refractivity contribution in [3.8, 4) is 5.82 Å². The molecule has 3 aromatic rings. The Kier molecular flexibility index (Phi) is 3.57. The molecule has 6 nitrogen and oxygen atoms in total. The molecule has 0 atom stereocenters. The van der Waals surface area contributed by atoms with Gasteiger partial charge < -0.3 is 9.73 Å². The molecule has 0 radical (unpaired) electrons. The summed E-state index contributed by atoms with van der Waals surface area (Å²) in [5.41, 5.74) is 1.04. The van der Waals surface area contributed by atoms with Crippen molar-refractivity contribution >= 4 is 27.5 Å². The third-order valence-electron chi connectivity index (χ3n) is 2.94. The van der Waals surface area contributed by atoms with E-state index in [1.807, 2.05) is 23.8 Å². The average Bonchev–Trinajstić information content (AvgIpc) is 3.08. The summed E-state index contributed by atoms with van der Waals surface area (Å²) in [6.07, 6.45) is 6.59. The zero-order valence-corrected chi connectivity index (χ0v) is 12.7. The standard InChI is InChI=1S/C14H11BrN4O2/c1-9-16-5-6-19(9)12-3-2-10(8-17-12)18-14(20)11-4-7-21-13(11)15/h2-8H,1H3,(H,18,20). The summed E-state index contributed by atoms with van der Waals surface area (Å²) in [6, 6.07) is 5.19. The average molecular weight is 347 g/mol. The van der Waals surface area contributed by atoms with Crippen LogP contribution in [0.2, 0.25) is 0 Å². The van der Waals surface area contributed by atoms with E-state index >= 15 is 0 Å². The van der Waals surface area contributed by atoms with E-state index in [0.717, 1.165) is 11.6 Å². The summed E-state index contributed by atoms with van der Waals surface area (Å²) >= 11 is 3.17. The number of aryl methyl sites for hydroxylation is 1. The van der Waals surface area contributed by atoms with Gasteiger partial charge in [0.05, 0.1) is 23.7 Å². The fourth-order valence-corrected chi connectivity index (χ4v) is 2.30. The first-order valence-corrected chi connectivity index (χ1v) is 6.95. The van der Waals surface area contributed by atoms with Crippen LogP contribution in [0.4, 0.5) is 5.69 Å². The Hall–Kier alpha value is -2.41. The highest BCUT2D eigenvalue weighted by Crippen LogP contribution is 2.19. The number of furan rings is 1. The van der Waals surface area contributed by atoms with Crippen molar-refractivity contribution in [3.63, 3.8) is 0 Å². The number of nitrogens with one attached hydrogen (secondary N) is 1. The maximum Gasteiger partial charge on any atom is 0.260 e. The lowest BCUT2D eigenvalue weighted by atomic mass is 10.3. The zero-order chi connectivity index (χ0) is 14.8. The monoisotopic (exact) mass is 346 g/mol. The van der Waals surface area contributed by atoms with Gasteiger partial charge in [0.15, 0.2) is 4.67 Å². The second kappa shape index (κ2) is 5.53. The highest BCUT2D eigenvalue weighted by molar-refractivity contribution is 9.10. The molecule has 0 aliphatic rings. The number of pyridine rings is 1. The Bertz CT molecular complexity index is 776. The number of anilines is 1. The minimum absolute atomic E-state index is 0.260. The van der Waals surface area contributed by atoms with Crippen molar-refractivity contribution in [3.05, 3.63) is 59.1 Å². The quantitative estimate of drug-likeness (QED) is 0.790. The van der Waals surface area contributed by atoms with Gasteiger partial charge in [0, 0.05) is 12.4 Å². The lowest BCUT2D eigenvalue weighted by molar-refractivity contribution is 0.102. The molecule has 0 aliphatic carbocycles. The van der Waals surface area contributed by atoms with E-state index in [0.29, 0.717) is 15.9 Å². The molecule has 0 unspecified atom stereocenters. The van der Waals surface area contributed by atoms with Crippen LogP contribution in [-0.2, 0) is 0 Å². The van der Waals surface area contributed by atoms with Crippen molar-refractivity contribution < 1.29 is 9.21 Å². The van der Waals surface area contributed by atoms with Gasteiger partial charge in [-0.2, -0.15) is 0 Å². The van der Waals surface area contributed by atoms with E-state index in [-0.39, 0.29) is 5.91 Å². The summed E-state index contributed by atoms with van der Waals surface area (Å²) in [4.78, 5) is 20.5. The van der Waals surface area contributed by atoms with Crippen LogP contribution in [0.25, 0.3) is 5.82 Å². The minimum Gasteiger partial charge on any atom is -0.457 e. The summed E-state index contributed by atoms with van der Waals surface area (Å²) in [5.74, 6) is 1.33. The number of carbonyl (C=O) groups is 1. The lowest BCUT2D eigenvalue weighted by Gasteiger charge is -2.06. The van der Waals surface area contributed by atoms with Crippen LogP contribution in [0.3, 0.4) is 0 Å². The van der Waals surface area contributed by atoms with Crippen LogP contribution < -0.4 is 5.32 Å². The van der Waals surface area contributed by atoms with E-state index in [4.69, 9.17) is 4.42 Å². The number of amides is 1. The normalized spacial score (nSPS) is 10.6. The highest BCUT2D eigenvalue weighted by Gasteiger charge is 2.13. The molecule has 7 heteroatoms. The first-order valence-electron chi connectivity index (χ1n) is 6.16. The fraction of sp³-hybridized carbons (Fsp3) is 0.0714. The fourth-order valence-electron chi connectivity index (χ4n) is 1.88. The van der Waals surface area contributed by atoms with Crippen molar-refractivity contribution in [2.75, 3.05) is 5.32 Å². The SMILES string of the molecule is Cc1nccn1-c1ccc(NC(=O)c2ccoc2Br)cn1. The van der Waals surface area contributed by atoms with Gasteiger partial charge in [-0.05, 0) is 41.1 Å². The van der Waals surface area contributed by atoms with E-state index in [1.54, 1.807) is 24.5 Å². The molecule has 0 spiro atoms. The minimum atomic E-state index is -0.260. The predicted octanol–water partition coefficient (Wildman–Crippen LogP) is 3.18. The molecule has 0 saturated carbocycles. The molecule has 3 rings (SSSR count). The number of rotatable bonds is 3. The van der Waals surface area contributed by atoms with Crippen LogP contribution in [0.15, 0.2) is 52.1 Å². The third-order valence-corrected chi connectivity index (χ3v) is 3.55. The Labute approximate surface area is 129 Å². The van der Waals surface area contributed by atoms with Crippen molar-refractivity contribution in [1.29, 1.82) is 0 Å². The second-order valence-corrected chi connectivity index (χ2v) is 5.03. The number of halogens is 1. The predicted molar refractivity (Wildman–Crippen MR) is 80.5 cm³/mol. The van der Waals surface area contributed by atoms with Gasteiger partial charge in [0.25, 0.3) is 5.91 Å². The van der Waals surface area contributed by atoms with Gasteiger partial charge in [0.1, 0.15) is 11.6 Å². The molecular weight excluding hydrogens is 336 g/mol. The molecule has 3 aromatic heterocycles. The highest BCUT2D eigenvalue weighted by atomic mass is 79.9. The Morgan fingerprint density at radius 3 is 2.76 bits per heavy atom. The van der Waals surface area contributed by atoms with Crippen LogP contribution in [0.1, 0.15) is 16.2 Å². The molecular formula is C14H11BrN4O2. The maximum atomic E-state index is 12.0. The Morgan fingerprint density at radius 1 is 1.33 bits per heavy atom. The largest absolute Gasteiger partial charge is 0.457 e. The number of imidazole rings is 1. The van der Waals surface area contributed by atoms with Crippen LogP contribution in [0, 0.1) is 6.92 Å². The van der Waals surface area contributed by atoms with Gasteiger partial charge in [-0.25, -0.2) is 9.97 Å². The number of nitrogens with zero attached hydrogens (tertiary/aromatic N) is 3. The van der Waals surface area contributed by atoms with Crippen LogP contribution >= 0.6 is 15.9 Å². The van der Waals surface area contributed by atoms with Gasteiger partial charge >= 0.3 is 0 Å². The van der Waals surface area contributed by atoms with E-state index < -0.39 is 0 Å². The lowest BCUT2D eigenvalue weighted by Crippen LogP contribution is -2.12. The second-order valence-electron chi connectivity index (χ2n) is 4.31. The van der Waals surface area contributed by atoms with Gasteiger partial charge in [-0.1, -0.05) is 0 Å². The molecule has 0 aromatic carbocycles. The number of hydrogen-bond acceptors (Lipinski definition) is 4. The molecule has 0 fully saturated rings. The van der Waals surface area contributed by atoms with E-state index in [2.05, 4.69) is 31.2 Å². The van der Waals surface area contributed by atoms with Gasteiger partial charge in [-0.3, -0.25) is 9.36 Å². The number of carbonyl (C=O) groups excluding carboxylic acids is 1. The number of aromatic nitrogens is 3. The third kappa shape index (κ3) is 2.73. The maximum absolute atomic E-state index is 12.0. The molecule has 1 N–H and O–H groups in total. The van der Waals surface area contributed by atoms with Crippen molar-refractivity contribution in [2.45, 2.75) is 6.92 Å². The molecule has 1 amide bonds. The smallest absolute Gasteiger partial charge is 0.260 e. The molecule has 106 valence electrons. The number of hydrogen-bond donors (Lipinski definition) is 1. The van der Waals surface area contributed by atoms with Gasteiger partial charge in [-0.15, -0.1) is 0 Å². The van der Waals surface area contributed by atoms with Crippen molar-refractivity contribution in [1.82, 2.24) is 14.5 Å². The van der Waals surface area contributed by atoms with Crippen molar-refractivity contribution in [2.24, 2.45) is 0 Å². The molecule has 21 heavy (non-hydrogen) atoms. The topological polar surface area (TPSA) is 73.0 Å². The summed E-state index contributed by atoms with van der Waals surface area (Å²) in [7, 11) is 0. The first-order chi connectivity index (χ1) is 10.1. The first kappa shape index (κ1) is 13.6. The summed E-state index contributed by atoms with van der Waals surface area (Å²) < 4.78 is 7.30. The van der Waals surface area contributed by atoms with Crippen LogP contribution in [0.5, 0.6) is 0 Å². The van der Waals surface area contributed by atoms with E-state index in [1.165, 1.54) is 6.26 Å². The molecule has 0 saturated heterocycles.